The van der Waals surface area contributed by atoms with Crippen molar-refractivity contribution in [1.82, 2.24) is 9.88 Å². The second kappa shape index (κ2) is 7.21. The Kier molecular flexibility index (Phi) is 5.31. The first-order chi connectivity index (χ1) is 9.70. The van der Waals surface area contributed by atoms with Crippen molar-refractivity contribution >= 4 is 11.8 Å². The zero-order chi connectivity index (χ0) is 14.4. The lowest BCUT2D eigenvalue weighted by Gasteiger charge is -2.31. The Balaban J connectivity index is 1.82. The van der Waals surface area contributed by atoms with Gasteiger partial charge in [-0.05, 0) is 37.4 Å². The van der Waals surface area contributed by atoms with Gasteiger partial charge in [-0.15, -0.1) is 0 Å². The summed E-state index contributed by atoms with van der Waals surface area (Å²) < 4.78 is 0. The number of nitrogens with zero attached hydrogens (tertiary/aromatic N) is 2. The van der Waals surface area contributed by atoms with Gasteiger partial charge in [0, 0.05) is 32.4 Å². The van der Waals surface area contributed by atoms with Gasteiger partial charge in [-0.25, -0.2) is 9.78 Å². The second-order valence-electron chi connectivity index (χ2n) is 5.12. The van der Waals surface area contributed by atoms with E-state index in [1.807, 2.05) is 0 Å². The highest BCUT2D eigenvalue weighted by atomic mass is 16.4. The van der Waals surface area contributed by atoms with Crippen LogP contribution in [0, 0.1) is 5.92 Å². The highest BCUT2D eigenvalue weighted by molar-refractivity contribution is 5.92. The summed E-state index contributed by atoms with van der Waals surface area (Å²) in [5, 5.41) is 21.3. The Morgan fingerprint density at radius 2 is 2.40 bits per heavy atom. The van der Waals surface area contributed by atoms with Gasteiger partial charge in [-0.2, -0.15) is 0 Å². The maximum absolute atomic E-state index is 11.1. The molecule has 6 heteroatoms. The molecular formula is C14H21N3O3. The number of rotatable bonds is 6. The van der Waals surface area contributed by atoms with E-state index < -0.39 is 5.97 Å². The Labute approximate surface area is 118 Å². The number of carboxylic acid groups (broad SMARTS) is 1. The molecule has 1 atom stereocenters. The van der Waals surface area contributed by atoms with Crippen LogP contribution in [0.4, 0.5) is 5.82 Å². The van der Waals surface area contributed by atoms with E-state index in [9.17, 15) is 9.90 Å². The van der Waals surface area contributed by atoms with E-state index in [2.05, 4.69) is 15.2 Å². The Bertz CT molecular complexity index is 453. The van der Waals surface area contributed by atoms with E-state index in [0.717, 1.165) is 32.5 Å². The molecule has 2 heterocycles. The summed E-state index contributed by atoms with van der Waals surface area (Å²) in [6, 6.07) is 3.16. The van der Waals surface area contributed by atoms with Gasteiger partial charge < -0.3 is 20.4 Å². The van der Waals surface area contributed by atoms with Crippen molar-refractivity contribution in [2.75, 3.05) is 38.1 Å². The van der Waals surface area contributed by atoms with Crippen LogP contribution >= 0.6 is 0 Å². The number of likely N-dealkylation sites (tertiary alicyclic amines) is 1. The molecule has 0 saturated carbocycles. The molecule has 1 unspecified atom stereocenters. The van der Waals surface area contributed by atoms with Crippen molar-refractivity contribution in [3.63, 3.8) is 0 Å². The number of hydrogen-bond acceptors (Lipinski definition) is 5. The second-order valence-corrected chi connectivity index (χ2v) is 5.12. The van der Waals surface area contributed by atoms with Crippen LogP contribution in [0.1, 0.15) is 23.2 Å². The first kappa shape index (κ1) is 14.7. The summed E-state index contributed by atoms with van der Waals surface area (Å²) in [5.74, 6) is -0.192. The van der Waals surface area contributed by atoms with Crippen molar-refractivity contribution < 1.29 is 15.0 Å². The molecular weight excluding hydrogens is 258 g/mol. The van der Waals surface area contributed by atoms with Crippen LogP contribution in [-0.2, 0) is 0 Å². The molecule has 1 saturated heterocycles. The summed E-state index contributed by atoms with van der Waals surface area (Å²) in [4.78, 5) is 17.4. The Morgan fingerprint density at radius 3 is 3.15 bits per heavy atom. The lowest BCUT2D eigenvalue weighted by atomic mass is 9.99. The van der Waals surface area contributed by atoms with Gasteiger partial charge in [0.1, 0.15) is 11.4 Å². The number of aromatic nitrogens is 1. The van der Waals surface area contributed by atoms with Crippen LogP contribution in [0.5, 0.6) is 0 Å². The number of anilines is 1. The largest absolute Gasteiger partial charge is 0.478 e. The van der Waals surface area contributed by atoms with Gasteiger partial charge in [-0.3, -0.25) is 0 Å². The molecule has 0 bridgehead atoms. The van der Waals surface area contributed by atoms with Gasteiger partial charge in [-0.1, -0.05) is 0 Å². The molecule has 1 aromatic heterocycles. The molecule has 0 aromatic carbocycles. The lowest BCUT2D eigenvalue weighted by Crippen LogP contribution is -2.39. The SMILES string of the molecule is O=C(O)c1cccnc1NCCN1CCCC(CO)C1. The summed E-state index contributed by atoms with van der Waals surface area (Å²) in [6.45, 7) is 3.66. The smallest absolute Gasteiger partial charge is 0.339 e. The molecule has 3 N–H and O–H groups in total. The molecule has 20 heavy (non-hydrogen) atoms. The average molecular weight is 279 g/mol. The standard InChI is InChI=1S/C14H21N3O3/c18-10-11-3-2-7-17(9-11)8-6-16-13-12(14(19)20)4-1-5-15-13/h1,4-5,11,18H,2-3,6-10H2,(H,15,16)(H,19,20). The van der Waals surface area contributed by atoms with E-state index in [0.29, 0.717) is 18.3 Å². The quantitative estimate of drug-likeness (QED) is 0.717. The number of hydrogen-bond donors (Lipinski definition) is 3. The topological polar surface area (TPSA) is 85.7 Å². The van der Waals surface area contributed by atoms with E-state index in [1.165, 1.54) is 0 Å². The molecule has 0 amide bonds. The zero-order valence-corrected chi connectivity index (χ0v) is 11.5. The number of carboxylic acids is 1. The van der Waals surface area contributed by atoms with Gasteiger partial charge >= 0.3 is 5.97 Å². The summed E-state index contributed by atoms with van der Waals surface area (Å²) in [6.07, 6.45) is 3.77. The summed E-state index contributed by atoms with van der Waals surface area (Å²) in [5.41, 5.74) is 0.194. The van der Waals surface area contributed by atoms with Crippen LogP contribution < -0.4 is 5.32 Å². The molecule has 1 aromatic rings. The molecule has 6 nitrogen and oxygen atoms in total. The highest BCUT2D eigenvalue weighted by Crippen LogP contribution is 2.15. The number of piperidine rings is 1. The number of pyridine rings is 1. The minimum atomic E-state index is -0.973. The normalized spacial score (nSPS) is 19.8. The molecule has 1 aliphatic rings. The van der Waals surface area contributed by atoms with Crippen molar-refractivity contribution in [1.29, 1.82) is 0 Å². The van der Waals surface area contributed by atoms with Crippen LogP contribution in [0.15, 0.2) is 18.3 Å². The van der Waals surface area contributed by atoms with E-state index in [-0.39, 0.29) is 12.2 Å². The minimum Gasteiger partial charge on any atom is -0.478 e. The van der Waals surface area contributed by atoms with Crippen LogP contribution in [0.3, 0.4) is 0 Å². The first-order valence-corrected chi connectivity index (χ1v) is 6.96. The third-order valence-electron chi connectivity index (χ3n) is 3.62. The predicted octanol–water partition coefficient (Wildman–Crippen LogP) is 0.896. The van der Waals surface area contributed by atoms with Crippen LogP contribution in [0.25, 0.3) is 0 Å². The Morgan fingerprint density at radius 1 is 1.55 bits per heavy atom. The summed E-state index contributed by atoms with van der Waals surface area (Å²) in [7, 11) is 0. The van der Waals surface area contributed by atoms with Gasteiger partial charge in [0.15, 0.2) is 0 Å². The molecule has 1 aliphatic heterocycles. The maximum Gasteiger partial charge on any atom is 0.339 e. The van der Waals surface area contributed by atoms with E-state index in [1.54, 1.807) is 18.3 Å². The molecule has 1 fully saturated rings. The van der Waals surface area contributed by atoms with Crippen molar-refractivity contribution in [2.45, 2.75) is 12.8 Å². The highest BCUT2D eigenvalue weighted by Gasteiger charge is 2.18. The van der Waals surface area contributed by atoms with Gasteiger partial charge in [0.05, 0.1) is 0 Å². The van der Waals surface area contributed by atoms with Crippen LogP contribution in [0.2, 0.25) is 0 Å². The average Bonchev–Trinajstić information content (AvgIpc) is 2.48. The number of aliphatic hydroxyl groups is 1. The third-order valence-corrected chi connectivity index (χ3v) is 3.62. The fraction of sp³-hybridized carbons (Fsp3) is 0.571. The van der Waals surface area contributed by atoms with Crippen molar-refractivity contribution in [2.24, 2.45) is 5.92 Å². The van der Waals surface area contributed by atoms with Crippen molar-refractivity contribution in [3.05, 3.63) is 23.9 Å². The monoisotopic (exact) mass is 279 g/mol. The fourth-order valence-electron chi connectivity index (χ4n) is 2.55. The van der Waals surface area contributed by atoms with Crippen LogP contribution in [-0.4, -0.2) is 58.9 Å². The predicted molar refractivity (Wildman–Crippen MR) is 75.9 cm³/mol. The molecule has 2 rings (SSSR count). The van der Waals surface area contributed by atoms with Gasteiger partial charge in [0.2, 0.25) is 0 Å². The number of nitrogens with one attached hydrogen (secondary N) is 1. The maximum atomic E-state index is 11.1. The molecule has 0 spiro atoms. The summed E-state index contributed by atoms with van der Waals surface area (Å²) >= 11 is 0. The first-order valence-electron chi connectivity index (χ1n) is 6.96. The number of aromatic carboxylic acids is 1. The molecule has 0 radical (unpaired) electrons. The van der Waals surface area contributed by atoms with E-state index >= 15 is 0 Å². The molecule has 110 valence electrons. The third kappa shape index (κ3) is 3.91. The number of aliphatic hydroxyl groups excluding tert-OH is 1. The zero-order valence-electron chi connectivity index (χ0n) is 11.5. The minimum absolute atomic E-state index is 0.194. The lowest BCUT2D eigenvalue weighted by molar-refractivity contribution is 0.0697. The fourth-order valence-corrected chi connectivity index (χ4v) is 2.55. The molecule has 0 aliphatic carbocycles. The Hall–Kier alpha value is -1.66. The van der Waals surface area contributed by atoms with Crippen molar-refractivity contribution in [3.8, 4) is 0 Å². The van der Waals surface area contributed by atoms with E-state index in [4.69, 9.17) is 5.11 Å². The van der Waals surface area contributed by atoms with Gasteiger partial charge in [0.25, 0.3) is 0 Å². The number of carbonyl (C=O) groups is 1.